The van der Waals surface area contributed by atoms with Gasteiger partial charge in [0, 0.05) is 13.1 Å². The normalized spacial score (nSPS) is 15.5. The molecule has 0 amide bonds. The molecule has 0 bridgehead atoms. The smallest absolute Gasteiger partial charge is 0.0991 e. The van der Waals surface area contributed by atoms with Gasteiger partial charge in [-0.05, 0) is 42.6 Å². The van der Waals surface area contributed by atoms with Crippen LogP contribution < -0.4 is 0 Å². The number of benzene rings is 1. The molecule has 2 nitrogen and oxygen atoms in total. The maximum atomic E-state index is 8.88. The van der Waals surface area contributed by atoms with E-state index in [-0.39, 0.29) is 0 Å². The van der Waals surface area contributed by atoms with Crippen molar-refractivity contribution in [2.45, 2.75) is 32.7 Å². The lowest BCUT2D eigenvalue weighted by Crippen LogP contribution is -2.31. The summed E-state index contributed by atoms with van der Waals surface area (Å²) in [6.45, 7) is 5.60. The predicted octanol–water partition coefficient (Wildman–Crippen LogP) is 2.72. The predicted molar refractivity (Wildman–Crippen MR) is 65.0 cm³/mol. The van der Waals surface area contributed by atoms with E-state index in [4.69, 9.17) is 5.26 Å². The van der Waals surface area contributed by atoms with Crippen molar-refractivity contribution in [1.29, 1.82) is 5.26 Å². The lowest BCUT2D eigenvalue weighted by Gasteiger charge is -2.28. The van der Waals surface area contributed by atoms with E-state index >= 15 is 0 Å². The number of hydrogen-bond donors (Lipinski definition) is 0. The first-order valence-electron chi connectivity index (χ1n) is 6.07. The van der Waals surface area contributed by atoms with Crippen LogP contribution in [0.25, 0.3) is 0 Å². The molecule has 0 fully saturated rings. The van der Waals surface area contributed by atoms with Crippen LogP contribution >= 0.6 is 0 Å². The average Bonchev–Trinajstić information content (AvgIpc) is 2.35. The van der Waals surface area contributed by atoms with Gasteiger partial charge in [0.15, 0.2) is 0 Å². The molecule has 0 saturated heterocycles. The molecule has 1 aromatic carbocycles. The van der Waals surface area contributed by atoms with Crippen LogP contribution in [0.2, 0.25) is 0 Å². The first kappa shape index (κ1) is 11.2. The quantitative estimate of drug-likeness (QED) is 0.773. The zero-order valence-electron chi connectivity index (χ0n) is 9.87. The van der Waals surface area contributed by atoms with Crippen molar-refractivity contribution in [3.05, 3.63) is 34.9 Å². The Balaban J connectivity index is 2.09. The molecule has 0 aliphatic carbocycles. The highest BCUT2D eigenvalue weighted by Crippen LogP contribution is 2.20. The fraction of sp³-hybridized carbons (Fsp3) is 0.500. The highest BCUT2D eigenvalue weighted by atomic mass is 15.1. The Labute approximate surface area is 97.5 Å². The van der Waals surface area contributed by atoms with Gasteiger partial charge in [0.05, 0.1) is 11.6 Å². The Morgan fingerprint density at radius 2 is 2.25 bits per heavy atom. The molecule has 84 valence electrons. The first-order valence-corrected chi connectivity index (χ1v) is 6.07. The van der Waals surface area contributed by atoms with Gasteiger partial charge in [0.25, 0.3) is 0 Å². The number of rotatable bonds is 3. The molecular formula is C14H18N2. The Hall–Kier alpha value is -1.33. The Bertz CT molecular complexity index is 404. The minimum Gasteiger partial charge on any atom is -0.299 e. The third kappa shape index (κ3) is 2.43. The minimum atomic E-state index is 0.788. The van der Waals surface area contributed by atoms with Gasteiger partial charge >= 0.3 is 0 Å². The minimum absolute atomic E-state index is 0.788. The lowest BCUT2D eigenvalue weighted by molar-refractivity contribution is 0.250. The number of nitrogens with zero attached hydrogens (tertiary/aromatic N) is 2. The van der Waals surface area contributed by atoms with Gasteiger partial charge in [-0.2, -0.15) is 5.26 Å². The molecular weight excluding hydrogens is 196 g/mol. The number of unbranched alkanes of at least 4 members (excludes halogenated alkanes) is 1. The molecule has 0 aromatic heterocycles. The third-order valence-electron chi connectivity index (χ3n) is 3.25. The summed E-state index contributed by atoms with van der Waals surface area (Å²) >= 11 is 0. The van der Waals surface area contributed by atoms with Crippen molar-refractivity contribution in [2.24, 2.45) is 0 Å². The van der Waals surface area contributed by atoms with E-state index in [0.717, 1.165) is 18.5 Å². The van der Waals surface area contributed by atoms with Gasteiger partial charge in [-0.1, -0.05) is 19.4 Å². The van der Waals surface area contributed by atoms with Crippen LogP contribution in [0.1, 0.15) is 36.5 Å². The second-order valence-corrected chi connectivity index (χ2v) is 4.47. The van der Waals surface area contributed by atoms with Crippen molar-refractivity contribution < 1.29 is 0 Å². The first-order chi connectivity index (χ1) is 7.83. The Morgan fingerprint density at radius 3 is 3.00 bits per heavy atom. The molecule has 2 heteroatoms. The molecule has 0 N–H and O–H groups in total. The standard InChI is InChI=1S/C14H18N2/c1-2-3-7-16-8-6-13-5-4-12(10-15)9-14(13)11-16/h4-5,9H,2-3,6-8,11H2,1H3. The highest BCUT2D eigenvalue weighted by Gasteiger charge is 2.15. The summed E-state index contributed by atoms with van der Waals surface area (Å²) in [7, 11) is 0. The highest BCUT2D eigenvalue weighted by molar-refractivity contribution is 5.39. The van der Waals surface area contributed by atoms with E-state index in [0.29, 0.717) is 0 Å². The lowest BCUT2D eigenvalue weighted by atomic mass is 9.97. The molecule has 0 spiro atoms. The summed E-state index contributed by atoms with van der Waals surface area (Å²) < 4.78 is 0. The van der Waals surface area contributed by atoms with Crippen molar-refractivity contribution in [1.82, 2.24) is 4.90 Å². The fourth-order valence-electron chi connectivity index (χ4n) is 2.26. The van der Waals surface area contributed by atoms with Gasteiger partial charge in [0.2, 0.25) is 0 Å². The van der Waals surface area contributed by atoms with E-state index in [1.807, 2.05) is 12.1 Å². The maximum absolute atomic E-state index is 8.88. The fourth-order valence-corrected chi connectivity index (χ4v) is 2.26. The zero-order chi connectivity index (χ0) is 11.4. The van der Waals surface area contributed by atoms with Crippen LogP contribution in [0.4, 0.5) is 0 Å². The average molecular weight is 214 g/mol. The van der Waals surface area contributed by atoms with Crippen molar-refractivity contribution >= 4 is 0 Å². The van der Waals surface area contributed by atoms with Crippen LogP contribution in [0.5, 0.6) is 0 Å². The summed E-state index contributed by atoms with van der Waals surface area (Å²) in [4.78, 5) is 2.49. The number of hydrogen-bond acceptors (Lipinski definition) is 2. The van der Waals surface area contributed by atoms with Crippen LogP contribution in [-0.4, -0.2) is 18.0 Å². The van der Waals surface area contributed by atoms with E-state index in [2.05, 4.69) is 24.0 Å². The van der Waals surface area contributed by atoms with Gasteiger partial charge in [-0.3, -0.25) is 4.90 Å². The summed E-state index contributed by atoms with van der Waals surface area (Å²) in [5.74, 6) is 0. The molecule has 0 radical (unpaired) electrons. The molecule has 1 aliphatic rings. The molecule has 16 heavy (non-hydrogen) atoms. The second-order valence-electron chi connectivity index (χ2n) is 4.47. The summed E-state index contributed by atoms with van der Waals surface area (Å²) in [5.41, 5.74) is 3.56. The SMILES string of the molecule is CCCCN1CCc2ccc(C#N)cc2C1. The monoisotopic (exact) mass is 214 g/mol. The topological polar surface area (TPSA) is 27.0 Å². The molecule has 2 rings (SSSR count). The Kier molecular flexibility index (Phi) is 3.58. The number of nitriles is 1. The van der Waals surface area contributed by atoms with E-state index in [1.165, 1.54) is 37.1 Å². The van der Waals surface area contributed by atoms with Gasteiger partial charge < -0.3 is 0 Å². The molecule has 0 unspecified atom stereocenters. The summed E-state index contributed by atoms with van der Waals surface area (Å²) in [5, 5.41) is 8.88. The Morgan fingerprint density at radius 1 is 1.38 bits per heavy atom. The van der Waals surface area contributed by atoms with Crippen molar-refractivity contribution in [3.8, 4) is 6.07 Å². The van der Waals surface area contributed by atoms with Gasteiger partial charge in [-0.25, -0.2) is 0 Å². The molecule has 1 heterocycles. The van der Waals surface area contributed by atoms with Gasteiger partial charge in [0.1, 0.15) is 0 Å². The van der Waals surface area contributed by atoms with E-state index in [1.54, 1.807) is 0 Å². The van der Waals surface area contributed by atoms with Crippen molar-refractivity contribution in [3.63, 3.8) is 0 Å². The molecule has 0 saturated carbocycles. The van der Waals surface area contributed by atoms with Crippen molar-refractivity contribution in [2.75, 3.05) is 13.1 Å². The molecule has 1 aliphatic heterocycles. The van der Waals surface area contributed by atoms with Crippen LogP contribution in [0, 0.1) is 11.3 Å². The van der Waals surface area contributed by atoms with Crippen LogP contribution in [0.3, 0.4) is 0 Å². The van der Waals surface area contributed by atoms with E-state index < -0.39 is 0 Å². The zero-order valence-corrected chi connectivity index (χ0v) is 9.87. The summed E-state index contributed by atoms with van der Waals surface area (Å²) in [6, 6.07) is 8.31. The largest absolute Gasteiger partial charge is 0.299 e. The second kappa shape index (κ2) is 5.14. The third-order valence-corrected chi connectivity index (χ3v) is 3.25. The molecule has 0 atom stereocenters. The van der Waals surface area contributed by atoms with Crippen LogP contribution in [0.15, 0.2) is 18.2 Å². The van der Waals surface area contributed by atoms with Gasteiger partial charge in [-0.15, -0.1) is 0 Å². The van der Waals surface area contributed by atoms with Crippen LogP contribution in [-0.2, 0) is 13.0 Å². The maximum Gasteiger partial charge on any atom is 0.0991 e. The molecule has 1 aromatic rings. The summed E-state index contributed by atoms with van der Waals surface area (Å²) in [6.07, 6.45) is 3.65. The van der Waals surface area contributed by atoms with E-state index in [9.17, 15) is 0 Å². The number of fused-ring (bicyclic) bond motifs is 1.